The molecule has 0 fully saturated rings. The van der Waals surface area contributed by atoms with Gasteiger partial charge in [0.05, 0.1) is 34.6 Å². The highest BCUT2D eigenvalue weighted by atomic mass is 35.5. The maximum absolute atomic E-state index is 15.4. The number of furan rings is 1. The number of nitrogens with zero attached hydrogens (tertiary/aromatic N) is 3. The van der Waals surface area contributed by atoms with Crippen molar-refractivity contribution in [3.63, 3.8) is 0 Å². The van der Waals surface area contributed by atoms with Crippen molar-refractivity contribution in [2.75, 3.05) is 14.1 Å². The molecule has 2 N–H and O–H groups in total. The Hall–Kier alpha value is -4.52. The van der Waals surface area contributed by atoms with E-state index in [2.05, 4.69) is 16.9 Å². The van der Waals surface area contributed by atoms with Crippen LogP contribution in [-0.4, -0.2) is 48.2 Å². The van der Waals surface area contributed by atoms with E-state index in [-0.39, 0.29) is 50.4 Å². The lowest BCUT2D eigenvalue weighted by Gasteiger charge is -2.16. The highest BCUT2D eigenvalue weighted by molar-refractivity contribution is 7.87. The minimum atomic E-state index is -4.28. The monoisotopic (exact) mass is 609 g/mol. The first kappa shape index (κ1) is 29.0. The molecule has 0 radical (unpaired) electrons. The number of fused-ring (bicyclic) bond motifs is 4. The SMILES string of the molecule is C=CNC(=O)/C(=C\C)c1c(C(=O)NS(=O)(=O)N(C)C)n(Cc2cc3ccccc3nc2Cl)c2cc(F)c3ccoc3c12. The Labute approximate surface area is 245 Å². The van der Waals surface area contributed by atoms with Crippen molar-refractivity contribution in [2.45, 2.75) is 13.5 Å². The van der Waals surface area contributed by atoms with Crippen LogP contribution in [0.25, 0.3) is 38.3 Å². The molecule has 0 bridgehead atoms. The lowest BCUT2D eigenvalue weighted by molar-refractivity contribution is -0.114. The smallest absolute Gasteiger partial charge is 0.303 e. The zero-order valence-electron chi connectivity index (χ0n) is 22.7. The van der Waals surface area contributed by atoms with Gasteiger partial charge in [-0.1, -0.05) is 42.5 Å². The largest absolute Gasteiger partial charge is 0.463 e. The van der Waals surface area contributed by atoms with Crippen LogP contribution in [0.2, 0.25) is 5.15 Å². The maximum atomic E-state index is 15.4. The van der Waals surface area contributed by atoms with Gasteiger partial charge in [-0.25, -0.2) is 14.1 Å². The van der Waals surface area contributed by atoms with Gasteiger partial charge in [0.2, 0.25) is 0 Å². The van der Waals surface area contributed by atoms with Crippen molar-refractivity contribution in [3.8, 4) is 0 Å². The summed E-state index contributed by atoms with van der Waals surface area (Å²) in [5.74, 6) is -2.35. The number of hydrogen-bond acceptors (Lipinski definition) is 6. The molecular weight excluding hydrogens is 585 g/mol. The third-order valence-corrected chi connectivity index (χ3v) is 8.48. The average Bonchev–Trinajstić information content (AvgIpc) is 3.53. The van der Waals surface area contributed by atoms with Crippen LogP contribution in [0.5, 0.6) is 0 Å². The molecule has 0 spiro atoms. The Bertz CT molecular complexity index is 2060. The quantitative estimate of drug-likeness (QED) is 0.189. The summed E-state index contributed by atoms with van der Waals surface area (Å²) >= 11 is 6.57. The van der Waals surface area contributed by atoms with Crippen LogP contribution in [-0.2, 0) is 21.5 Å². The average molecular weight is 610 g/mol. The fraction of sp³-hybridized carbons (Fsp3) is 0.138. The van der Waals surface area contributed by atoms with Gasteiger partial charge >= 0.3 is 10.2 Å². The number of carbonyl (C=O) groups is 2. The fourth-order valence-corrected chi connectivity index (χ4v) is 5.52. The summed E-state index contributed by atoms with van der Waals surface area (Å²) in [6, 6.07) is 11.7. The van der Waals surface area contributed by atoms with Crippen LogP contribution in [0.4, 0.5) is 4.39 Å². The van der Waals surface area contributed by atoms with E-state index in [0.29, 0.717) is 11.1 Å². The van der Waals surface area contributed by atoms with E-state index >= 15 is 4.39 Å². The van der Waals surface area contributed by atoms with E-state index in [4.69, 9.17) is 16.0 Å². The number of carbonyl (C=O) groups excluding carboxylic acids is 2. The number of pyridine rings is 1. The van der Waals surface area contributed by atoms with E-state index in [1.165, 1.54) is 49.3 Å². The fourth-order valence-electron chi connectivity index (χ4n) is 4.80. The second-order valence-corrected chi connectivity index (χ2v) is 11.7. The summed E-state index contributed by atoms with van der Waals surface area (Å²) in [5, 5.41) is 3.70. The number of rotatable bonds is 8. The first-order valence-corrected chi connectivity index (χ1v) is 14.4. The molecular formula is C29H25ClFN5O5S. The highest BCUT2D eigenvalue weighted by Gasteiger charge is 2.33. The molecule has 0 atom stereocenters. The van der Waals surface area contributed by atoms with Gasteiger partial charge in [-0.2, -0.15) is 12.7 Å². The molecule has 42 heavy (non-hydrogen) atoms. The molecule has 5 aromatic rings. The van der Waals surface area contributed by atoms with Gasteiger partial charge in [0.25, 0.3) is 11.8 Å². The molecule has 0 aliphatic carbocycles. The zero-order chi connectivity index (χ0) is 30.3. The molecule has 2 aromatic carbocycles. The number of para-hydroxylation sites is 1. The standard InChI is InChI=1S/C29H25ClFN5O5S/c1-5-18(28(37)32-6-2)23-24-22(14-20(31)19-11-12-41-26(19)24)36(25(23)29(38)34-42(39,40)35(3)4)15-17-13-16-9-7-8-10-21(16)33-27(17)30/h5-14H,2,15H2,1,3-4H3,(H,32,37)(H,34,38)/b18-5-. The predicted octanol–water partition coefficient (Wildman–Crippen LogP) is 4.98. The molecule has 3 aromatic heterocycles. The molecule has 0 unspecified atom stereocenters. The number of benzene rings is 2. The van der Waals surface area contributed by atoms with Gasteiger partial charge in [-0.05, 0) is 37.4 Å². The number of hydrogen-bond donors (Lipinski definition) is 2. The molecule has 0 saturated heterocycles. The number of halogens is 2. The lowest BCUT2D eigenvalue weighted by atomic mass is 9.99. The summed E-state index contributed by atoms with van der Waals surface area (Å²) in [7, 11) is -1.77. The molecule has 5 rings (SSSR count). The van der Waals surface area contributed by atoms with Crippen LogP contribution in [0.15, 0.2) is 72.0 Å². The van der Waals surface area contributed by atoms with E-state index in [1.807, 2.05) is 22.9 Å². The predicted molar refractivity (Wildman–Crippen MR) is 160 cm³/mol. The summed E-state index contributed by atoms with van der Waals surface area (Å²) in [6.07, 6.45) is 3.91. The number of amides is 2. The molecule has 0 saturated carbocycles. The van der Waals surface area contributed by atoms with E-state index in [9.17, 15) is 18.0 Å². The maximum Gasteiger partial charge on any atom is 0.303 e. The van der Waals surface area contributed by atoms with Crippen molar-refractivity contribution < 1.29 is 26.8 Å². The molecule has 0 aliphatic heterocycles. The molecule has 216 valence electrons. The van der Waals surface area contributed by atoms with Crippen LogP contribution < -0.4 is 10.0 Å². The van der Waals surface area contributed by atoms with E-state index in [0.717, 1.165) is 9.69 Å². The Morgan fingerprint density at radius 2 is 1.95 bits per heavy atom. The van der Waals surface area contributed by atoms with Crippen molar-refractivity contribution >= 4 is 72.0 Å². The highest BCUT2D eigenvalue weighted by Crippen LogP contribution is 2.40. The summed E-state index contributed by atoms with van der Waals surface area (Å²) in [6.45, 7) is 4.97. The van der Waals surface area contributed by atoms with E-state index < -0.39 is 27.8 Å². The summed E-state index contributed by atoms with van der Waals surface area (Å²) in [5.41, 5.74) is 1.11. The molecule has 10 nitrogen and oxygen atoms in total. The number of nitrogens with one attached hydrogen (secondary N) is 2. The first-order valence-electron chi connectivity index (χ1n) is 12.6. The van der Waals surface area contributed by atoms with Crippen molar-refractivity contribution in [3.05, 3.63) is 95.4 Å². The second kappa shape index (κ2) is 11.0. The summed E-state index contributed by atoms with van der Waals surface area (Å²) in [4.78, 5) is 31.6. The minimum absolute atomic E-state index is 0.00177. The van der Waals surface area contributed by atoms with Crippen LogP contribution in [0.1, 0.15) is 28.5 Å². The van der Waals surface area contributed by atoms with Crippen LogP contribution >= 0.6 is 11.6 Å². The molecule has 2 amide bonds. The first-order chi connectivity index (χ1) is 20.0. The Kier molecular flexibility index (Phi) is 7.62. The van der Waals surface area contributed by atoms with Gasteiger partial charge in [0.1, 0.15) is 22.2 Å². The molecule has 3 heterocycles. The Balaban J connectivity index is 1.90. The van der Waals surface area contributed by atoms with Gasteiger partial charge in [-0.15, -0.1) is 0 Å². The summed E-state index contributed by atoms with van der Waals surface area (Å²) < 4.78 is 50.9. The lowest BCUT2D eigenvalue weighted by Crippen LogP contribution is -2.40. The van der Waals surface area contributed by atoms with Crippen molar-refractivity contribution in [1.82, 2.24) is 23.9 Å². The van der Waals surface area contributed by atoms with Gasteiger partial charge in [-0.3, -0.25) is 9.59 Å². The molecule has 13 heteroatoms. The zero-order valence-corrected chi connectivity index (χ0v) is 24.3. The van der Waals surface area contributed by atoms with Gasteiger partial charge in [0.15, 0.2) is 0 Å². The topological polar surface area (TPSA) is 127 Å². The Morgan fingerprint density at radius 1 is 1.21 bits per heavy atom. The number of allylic oxidation sites excluding steroid dienone is 1. The van der Waals surface area contributed by atoms with Crippen molar-refractivity contribution in [1.29, 1.82) is 0 Å². The third-order valence-electron chi connectivity index (χ3n) is 6.75. The normalized spacial score (nSPS) is 12.4. The molecule has 0 aliphatic rings. The van der Waals surface area contributed by atoms with Gasteiger partial charge < -0.3 is 14.3 Å². The van der Waals surface area contributed by atoms with Gasteiger partial charge in [0, 0.05) is 36.2 Å². The van der Waals surface area contributed by atoms with E-state index in [1.54, 1.807) is 19.1 Å². The third kappa shape index (κ3) is 4.93. The number of aromatic nitrogens is 2. The van der Waals surface area contributed by atoms with Crippen molar-refractivity contribution in [2.24, 2.45) is 0 Å². The van der Waals surface area contributed by atoms with Crippen LogP contribution in [0, 0.1) is 5.82 Å². The second-order valence-electron chi connectivity index (χ2n) is 9.46. The minimum Gasteiger partial charge on any atom is -0.463 e. The Morgan fingerprint density at radius 3 is 2.64 bits per heavy atom. The van der Waals surface area contributed by atoms with Crippen LogP contribution in [0.3, 0.4) is 0 Å².